The second-order valence-electron chi connectivity index (χ2n) is 6.99. The number of rotatable bonds is 5. The van der Waals surface area contributed by atoms with Gasteiger partial charge in [-0.25, -0.2) is 12.8 Å². The second-order valence-corrected chi connectivity index (χ2v) is 9.01. The van der Waals surface area contributed by atoms with Gasteiger partial charge in [0, 0.05) is 18.3 Å². The smallest absolute Gasteiger partial charge is 0.175 e. The highest BCUT2D eigenvalue weighted by molar-refractivity contribution is 7.90. The summed E-state index contributed by atoms with van der Waals surface area (Å²) in [5.41, 5.74) is 2.15. The molecule has 0 spiro atoms. The van der Waals surface area contributed by atoms with Gasteiger partial charge >= 0.3 is 0 Å². The van der Waals surface area contributed by atoms with Gasteiger partial charge in [0.2, 0.25) is 0 Å². The van der Waals surface area contributed by atoms with E-state index in [0.717, 1.165) is 24.8 Å². The van der Waals surface area contributed by atoms with Gasteiger partial charge in [0.15, 0.2) is 9.84 Å². The zero-order chi connectivity index (χ0) is 18.0. The first-order chi connectivity index (χ1) is 11.8. The van der Waals surface area contributed by atoms with Gasteiger partial charge in [0.1, 0.15) is 5.82 Å². The summed E-state index contributed by atoms with van der Waals surface area (Å²) in [6, 6.07) is 14.5. The van der Waals surface area contributed by atoms with E-state index < -0.39 is 9.84 Å². The Hall–Kier alpha value is -1.72. The van der Waals surface area contributed by atoms with Gasteiger partial charge in [0.25, 0.3) is 0 Å². The largest absolute Gasteiger partial charge is 0.307 e. The minimum absolute atomic E-state index is 0.104. The molecule has 0 saturated heterocycles. The summed E-state index contributed by atoms with van der Waals surface area (Å²) in [6.45, 7) is 2.06. The number of benzene rings is 2. The van der Waals surface area contributed by atoms with Crippen LogP contribution < -0.4 is 5.32 Å². The van der Waals surface area contributed by atoms with E-state index in [1.807, 2.05) is 18.2 Å². The maximum Gasteiger partial charge on any atom is 0.175 e. The first-order valence-corrected chi connectivity index (χ1v) is 10.5. The normalized spacial score (nSPS) is 22.0. The summed E-state index contributed by atoms with van der Waals surface area (Å²) in [5.74, 6) is 0.229. The van der Waals surface area contributed by atoms with Crippen molar-refractivity contribution in [2.45, 2.75) is 49.1 Å². The molecule has 0 aromatic heterocycles. The summed E-state index contributed by atoms with van der Waals surface area (Å²) in [6.07, 6.45) is 4.38. The van der Waals surface area contributed by atoms with E-state index in [0.29, 0.717) is 16.9 Å². The molecule has 0 amide bonds. The van der Waals surface area contributed by atoms with Crippen molar-refractivity contribution in [2.24, 2.45) is 0 Å². The van der Waals surface area contributed by atoms with Crippen LogP contribution in [0.25, 0.3) is 0 Å². The van der Waals surface area contributed by atoms with Gasteiger partial charge in [0.05, 0.1) is 4.90 Å². The topological polar surface area (TPSA) is 46.2 Å². The lowest BCUT2D eigenvalue weighted by Crippen LogP contribution is -2.29. The Morgan fingerprint density at radius 2 is 1.84 bits per heavy atom. The lowest BCUT2D eigenvalue weighted by Gasteiger charge is -2.20. The molecule has 2 aromatic carbocycles. The Kier molecular flexibility index (Phi) is 5.25. The fourth-order valence-corrected chi connectivity index (χ4v) is 4.28. The predicted octanol–water partition coefficient (Wildman–Crippen LogP) is 4.22. The number of halogens is 1. The van der Waals surface area contributed by atoms with Crippen LogP contribution in [0.5, 0.6) is 0 Å². The Morgan fingerprint density at radius 3 is 2.48 bits per heavy atom. The van der Waals surface area contributed by atoms with Crippen molar-refractivity contribution in [3.05, 3.63) is 65.5 Å². The molecule has 3 atom stereocenters. The number of hydrogen-bond donors (Lipinski definition) is 1. The molecule has 5 heteroatoms. The van der Waals surface area contributed by atoms with E-state index in [1.54, 1.807) is 24.3 Å². The van der Waals surface area contributed by atoms with Gasteiger partial charge in [-0.15, -0.1) is 0 Å². The van der Waals surface area contributed by atoms with E-state index in [9.17, 15) is 12.8 Å². The second kappa shape index (κ2) is 7.26. The molecule has 1 aliphatic carbocycles. The van der Waals surface area contributed by atoms with E-state index in [1.165, 1.54) is 17.9 Å². The van der Waals surface area contributed by atoms with Crippen molar-refractivity contribution >= 4 is 9.84 Å². The molecule has 25 heavy (non-hydrogen) atoms. The monoisotopic (exact) mass is 361 g/mol. The molecule has 1 unspecified atom stereocenters. The van der Waals surface area contributed by atoms with Crippen molar-refractivity contribution in [2.75, 3.05) is 6.26 Å². The average molecular weight is 361 g/mol. The predicted molar refractivity (Wildman–Crippen MR) is 97.9 cm³/mol. The van der Waals surface area contributed by atoms with Gasteiger partial charge in [-0.2, -0.15) is 0 Å². The minimum atomic E-state index is -3.15. The van der Waals surface area contributed by atoms with Crippen molar-refractivity contribution in [3.8, 4) is 0 Å². The maximum absolute atomic E-state index is 13.4. The molecule has 1 aliphatic rings. The van der Waals surface area contributed by atoms with Crippen LogP contribution in [0.3, 0.4) is 0 Å². The van der Waals surface area contributed by atoms with Crippen LogP contribution in [0.2, 0.25) is 0 Å². The summed E-state index contributed by atoms with van der Waals surface area (Å²) in [7, 11) is -3.15. The summed E-state index contributed by atoms with van der Waals surface area (Å²) in [4.78, 5) is 0.364. The van der Waals surface area contributed by atoms with Crippen LogP contribution in [0.1, 0.15) is 49.3 Å². The van der Waals surface area contributed by atoms with Gasteiger partial charge in [-0.1, -0.05) is 24.3 Å². The zero-order valence-electron chi connectivity index (χ0n) is 14.6. The van der Waals surface area contributed by atoms with Gasteiger partial charge in [-0.05, 0) is 67.5 Å². The third kappa shape index (κ3) is 4.47. The molecule has 134 valence electrons. The van der Waals surface area contributed by atoms with E-state index in [4.69, 9.17) is 0 Å². The van der Waals surface area contributed by atoms with Gasteiger partial charge < -0.3 is 5.32 Å². The minimum Gasteiger partial charge on any atom is -0.307 e. The summed E-state index contributed by atoms with van der Waals surface area (Å²) < 4.78 is 36.5. The van der Waals surface area contributed by atoms with E-state index in [2.05, 4.69) is 12.2 Å². The molecule has 3 rings (SSSR count). The van der Waals surface area contributed by atoms with Crippen LogP contribution in [0, 0.1) is 5.82 Å². The molecule has 1 N–H and O–H groups in total. The Labute approximate surface area is 149 Å². The number of hydrogen-bond acceptors (Lipinski definition) is 3. The summed E-state index contributed by atoms with van der Waals surface area (Å²) in [5, 5.41) is 3.60. The Morgan fingerprint density at radius 1 is 1.12 bits per heavy atom. The van der Waals surface area contributed by atoms with Crippen molar-refractivity contribution in [3.63, 3.8) is 0 Å². The molecule has 0 bridgehead atoms. The SMILES string of the molecule is C[C@@H](NC1CC[C@H](c2ccc(S(C)(=O)=O)cc2)C1)c1cccc(F)c1. The van der Waals surface area contributed by atoms with E-state index >= 15 is 0 Å². The van der Waals surface area contributed by atoms with Crippen molar-refractivity contribution in [1.29, 1.82) is 0 Å². The highest BCUT2D eigenvalue weighted by Crippen LogP contribution is 2.35. The molecule has 1 fully saturated rings. The molecule has 0 aliphatic heterocycles. The third-order valence-corrected chi connectivity index (χ3v) is 6.18. The quantitative estimate of drug-likeness (QED) is 0.867. The summed E-state index contributed by atoms with van der Waals surface area (Å²) >= 11 is 0. The Bertz CT molecular complexity index is 833. The molecular weight excluding hydrogens is 337 g/mol. The Balaban J connectivity index is 1.62. The maximum atomic E-state index is 13.4. The lowest BCUT2D eigenvalue weighted by atomic mass is 9.97. The molecule has 0 radical (unpaired) electrons. The molecule has 0 heterocycles. The van der Waals surface area contributed by atoms with Crippen molar-refractivity contribution in [1.82, 2.24) is 5.32 Å². The van der Waals surface area contributed by atoms with E-state index in [-0.39, 0.29) is 11.9 Å². The first kappa shape index (κ1) is 18.1. The highest BCUT2D eigenvalue weighted by Gasteiger charge is 2.27. The lowest BCUT2D eigenvalue weighted by molar-refractivity contribution is 0.455. The third-order valence-electron chi connectivity index (χ3n) is 5.05. The van der Waals surface area contributed by atoms with Gasteiger partial charge in [-0.3, -0.25) is 0 Å². The molecular formula is C20H24FNO2S. The van der Waals surface area contributed by atoms with Crippen LogP contribution >= 0.6 is 0 Å². The molecule has 2 aromatic rings. The first-order valence-electron chi connectivity index (χ1n) is 8.64. The number of nitrogens with one attached hydrogen (secondary N) is 1. The fraction of sp³-hybridized carbons (Fsp3) is 0.400. The fourth-order valence-electron chi connectivity index (χ4n) is 3.65. The standard InChI is InChI=1S/C20H24FNO2S/c1-14(16-4-3-5-18(21)12-16)22-19-9-6-17(13-19)15-7-10-20(11-8-15)25(2,23)24/h3-5,7-8,10-12,14,17,19,22H,6,9,13H2,1-2H3/t14-,17+,19?/m1/s1. The van der Waals surface area contributed by atoms with Crippen molar-refractivity contribution < 1.29 is 12.8 Å². The van der Waals surface area contributed by atoms with Crippen LogP contribution in [0.15, 0.2) is 53.4 Å². The highest BCUT2D eigenvalue weighted by atomic mass is 32.2. The number of sulfone groups is 1. The van der Waals surface area contributed by atoms with Crippen LogP contribution in [0.4, 0.5) is 4.39 Å². The zero-order valence-corrected chi connectivity index (χ0v) is 15.4. The molecule has 1 saturated carbocycles. The van der Waals surface area contributed by atoms with Crippen LogP contribution in [-0.2, 0) is 9.84 Å². The average Bonchev–Trinajstić information content (AvgIpc) is 3.02. The molecule has 3 nitrogen and oxygen atoms in total. The van der Waals surface area contributed by atoms with Crippen LogP contribution in [-0.4, -0.2) is 20.7 Å².